The molecule has 1 saturated carbocycles. The topological polar surface area (TPSA) is 66.8 Å². The number of esters is 1. The number of hydrogen-bond acceptors (Lipinski definition) is 4. The van der Waals surface area contributed by atoms with Gasteiger partial charge in [0.2, 0.25) is 0 Å². The van der Waals surface area contributed by atoms with Crippen LogP contribution in [0, 0.1) is 0 Å². The molecule has 0 saturated heterocycles. The quantitative estimate of drug-likeness (QED) is 0.809. The summed E-state index contributed by atoms with van der Waals surface area (Å²) in [5.74, 6) is -0.731. The van der Waals surface area contributed by atoms with Crippen LogP contribution in [0.15, 0.2) is 24.3 Å². The van der Waals surface area contributed by atoms with Gasteiger partial charge in [-0.3, -0.25) is 4.79 Å². The highest BCUT2D eigenvalue weighted by Gasteiger charge is 2.47. The van der Waals surface area contributed by atoms with Crippen LogP contribution in [0.25, 0.3) is 0 Å². The molecule has 0 aliphatic heterocycles. The molecule has 1 fully saturated rings. The van der Waals surface area contributed by atoms with Crippen LogP contribution in [0.2, 0.25) is 5.02 Å². The van der Waals surface area contributed by atoms with Crippen molar-refractivity contribution in [3.63, 3.8) is 0 Å². The number of amides is 1. The molecular weight excluding hydrogens is 318 g/mol. The second-order valence-electron chi connectivity index (χ2n) is 5.71. The van der Waals surface area contributed by atoms with Gasteiger partial charge in [0.1, 0.15) is 0 Å². The van der Waals surface area contributed by atoms with Crippen molar-refractivity contribution in [2.75, 3.05) is 19.7 Å². The van der Waals surface area contributed by atoms with Crippen molar-refractivity contribution >= 4 is 23.5 Å². The van der Waals surface area contributed by atoms with Crippen LogP contribution in [0.5, 0.6) is 0 Å². The van der Waals surface area contributed by atoms with Gasteiger partial charge in [-0.15, -0.1) is 0 Å². The Hall–Kier alpha value is -1.59. The summed E-state index contributed by atoms with van der Waals surface area (Å²) in [6, 6.07) is 6.41. The number of carbonyl (C=O) groups is 2. The minimum atomic E-state index is -1.11. The first-order valence-electron chi connectivity index (χ1n) is 7.91. The van der Waals surface area contributed by atoms with Crippen LogP contribution < -0.4 is 0 Å². The largest absolute Gasteiger partial charge is 0.445 e. The van der Waals surface area contributed by atoms with Crippen LogP contribution in [0.3, 0.4) is 0 Å². The molecule has 23 heavy (non-hydrogen) atoms. The molecule has 1 amide bonds. The lowest BCUT2D eigenvalue weighted by molar-refractivity contribution is -0.152. The third-order valence-electron chi connectivity index (χ3n) is 4.21. The lowest BCUT2D eigenvalue weighted by Crippen LogP contribution is -2.51. The molecule has 0 unspecified atom stereocenters. The number of nitrogens with zero attached hydrogens (tertiary/aromatic N) is 1. The van der Waals surface area contributed by atoms with Crippen LogP contribution in [0.4, 0.5) is 0 Å². The minimum Gasteiger partial charge on any atom is -0.445 e. The molecule has 1 N–H and O–H groups in total. The zero-order chi connectivity index (χ0) is 16.9. The molecule has 2 rings (SSSR count). The minimum absolute atomic E-state index is 0.110. The molecule has 126 valence electrons. The maximum atomic E-state index is 12.8. The van der Waals surface area contributed by atoms with Crippen molar-refractivity contribution < 1.29 is 19.4 Å². The molecule has 1 aromatic rings. The number of rotatable bonds is 6. The predicted molar refractivity (Wildman–Crippen MR) is 87.4 cm³/mol. The lowest BCUT2D eigenvalue weighted by atomic mass is 9.99. The van der Waals surface area contributed by atoms with Crippen molar-refractivity contribution in [2.45, 2.75) is 38.2 Å². The maximum Gasteiger partial charge on any atom is 0.339 e. The number of ether oxygens (including phenoxy) is 1. The number of aliphatic hydroxyl groups excluding tert-OH is 1. The number of hydrogen-bond donors (Lipinski definition) is 1. The highest BCUT2D eigenvalue weighted by Crippen LogP contribution is 2.36. The third-order valence-corrected chi connectivity index (χ3v) is 4.46. The van der Waals surface area contributed by atoms with Gasteiger partial charge >= 0.3 is 5.97 Å². The molecular formula is C17H22ClNO4. The van der Waals surface area contributed by atoms with Crippen molar-refractivity contribution in [3.05, 3.63) is 34.9 Å². The van der Waals surface area contributed by atoms with E-state index in [9.17, 15) is 9.59 Å². The maximum absolute atomic E-state index is 12.8. The fraction of sp³-hybridized carbons (Fsp3) is 0.529. The Morgan fingerprint density at radius 1 is 1.26 bits per heavy atom. The van der Waals surface area contributed by atoms with Crippen molar-refractivity contribution in [1.82, 2.24) is 4.90 Å². The molecule has 0 heterocycles. The molecule has 5 nitrogen and oxygen atoms in total. The van der Waals surface area contributed by atoms with E-state index in [1.807, 2.05) is 6.92 Å². The summed E-state index contributed by atoms with van der Waals surface area (Å²) >= 11 is 5.82. The molecule has 1 aliphatic carbocycles. The summed E-state index contributed by atoms with van der Waals surface area (Å²) in [5, 5.41) is 9.65. The summed E-state index contributed by atoms with van der Waals surface area (Å²) in [6.45, 7) is 2.45. The van der Waals surface area contributed by atoms with Gasteiger partial charge in [0.25, 0.3) is 5.91 Å². The molecule has 0 atom stereocenters. The Labute approximate surface area is 141 Å². The van der Waals surface area contributed by atoms with E-state index in [2.05, 4.69) is 0 Å². The molecule has 0 spiro atoms. The Balaban J connectivity index is 2.18. The Morgan fingerprint density at radius 2 is 1.87 bits per heavy atom. The van der Waals surface area contributed by atoms with E-state index in [1.165, 1.54) is 0 Å². The molecule has 1 aromatic carbocycles. The van der Waals surface area contributed by atoms with E-state index in [-0.39, 0.29) is 19.1 Å². The van der Waals surface area contributed by atoms with Crippen LogP contribution in [-0.2, 0) is 9.53 Å². The smallest absolute Gasteiger partial charge is 0.339 e. The van der Waals surface area contributed by atoms with E-state index in [1.54, 1.807) is 29.2 Å². The lowest BCUT2D eigenvalue weighted by Gasteiger charge is -2.33. The second kappa shape index (κ2) is 7.79. The fourth-order valence-corrected chi connectivity index (χ4v) is 3.07. The summed E-state index contributed by atoms with van der Waals surface area (Å²) in [5.41, 5.74) is -0.735. The highest BCUT2D eigenvalue weighted by molar-refractivity contribution is 6.30. The van der Waals surface area contributed by atoms with Gasteiger partial charge in [-0.25, -0.2) is 4.79 Å². The molecule has 1 aliphatic rings. The first kappa shape index (κ1) is 17.8. The van der Waals surface area contributed by atoms with Crippen molar-refractivity contribution in [3.8, 4) is 0 Å². The zero-order valence-electron chi connectivity index (χ0n) is 13.3. The molecule has 0 aromatic heterocycles. The number of aliphatic hydroxyl groups is 1. The summed E-state index contributed by atoms with van der Waals surface area (Å²) < 4.78 is 5.66. The first-order valence-corrected chi connectivity index (χ1v) is 8.29. The van der Waals surface area contributed by atoms with E-state index < -0.39 is 11.6 Å². The summed E-state index contributed by atoms with van der Waals surface area (Å²) in [4.78, 5) is 26.8. The van der Waals surface area contributed by atoms with Gasteiger partial charge in [0, 0.05) is 18.1 Å². The van der Waals surface area contributed by atoms with E-state index in [4.69, 9.17) is 21.4 Å². The van der Waals surface area contributed by atoms with E-state index in [0.717, 1.165) is 12.8 Å². The van der Waals surface area contributed by atoms with Crippen LogP contribution >= 0.6 is 11.6 Å². The van der Waals surface area contributed by atoms with Crippen LogP contribution in [0.1, 0.15) is 43.0 Å². The highest BCUT2D eigenvalue weighted by atomic mass is 35.5. The van der Waals surface area contributed by atoms with Gasteiger partial charge in [0.05, 0.1) is 12.2 Å². The normalized spacial score (nSPS) is 16.1. The Bertz CT molecular complexity index is 552. The first-order chi connectivity index (χ1) is 11.0. The predicted octanol–water partition coefficient (Wildman–Crippen LogP) is 2.65. The Kier molecular flexibility index (Phi) is 6.02. The molecule has 0 bridgehead atoms. The average Bonchev–Trinajstić information content (AvgIpc) is 3.02. The average molecular weight is 340 g/mol. The van der Waals surface area contributed by atoms with Gasteiger partial charge in [-0.1, -0.05) is 11.6 Å². The Morgan fingerprint density at radius 3 is 2.39 bits per heavy atom. The number of halogens is 1. The zero-order valence-corrected chi connectivity index (χ0v) is 14.0. The number of likely N-dealkylation sites (N-methyl/N-ethyl adjacent to an activating group) is 1. The van der Waals surface area contributed by atoms with Gasteiger partial charge in [0.15, 0.2) is 5.60 Å². The van der Waals surface area contributed by atoms with Crippen molar-refractivity contribution in [1.29, 1.82) is 0 Å². The third kappa shape index (κ3) is 4.03. The SMILES string of the molecule is CCN(CCO)C(=O)C1(OC(=O)c2ccc(Cl)cc2)CCCC1. The number of carbonyl (C=O) groups excluding carboxylic acids is 2. The van der Waals surface area contributed by atoms with E-state index in [0.29, 0.717) is 30.0 Å². The standard InChI is InChI=1S/C17H22ClNO4/c1-2-19(11-12-20)16(22)17(9-3-4-10-17)23-15(21)13-5-7-14(18)8-6-13/h5-8,20H,2-4,9-12H2,1H3. The van der Waals surface area contributed by atoms with Gasteiger partial charge in [-0.2, -0.15) is 0 Å². The van der Waals surface area contributed by atoms with Crippen molar-refractivity contribution in [2.24, 2.45) is 0 Å². The molecule has 0 radical (unpaired) electrons. The summed E-state index contributed by atoms with van der Waals surface area (Å²) in [6.07, 6.45) is 2.73. The summed E-state index contributed by atoms with van der Waals surface area (Å²) in [7, 11) is 0. The van der Waals surface area contributed by atoms with E-state index >= 15 is 0 Å². The number of benzene rings is 1. The van der Waals surface area contributed by atoms with Gasteiger partial charge in [-0.05, 0) is 56.9 Å². The van der Waals surface area contributed by atoms with Crippen LogP contribution in [-0.4, -0.2) is 47.2 Å². The monoisotopic (exact) mass is 339 g/mol. The second-order valence-corrected chi connectivity index (χ2v) is 6.14. The van der Waals surface area contributed by atoms with Gasteiger partial charge < -0.3 is 14.7 Å². The fourth-order valence-electron chi connectivity index (χ4n) is 2.94. The molecule has 6 heteroatoms.